The second-order valence-corrected chi connectivity index (χ2v) is 8.11. The number of nitrogens with zero attached hydrogens (tertiary/aromatic N) is 1. The number of rotatable bonds is 3. The number of hydrogen-bond donors (Lipinski definition) is 2. The maximum atomic E-state index is 12.5. The molecule has 0 aliphatic carbocycles. The van der Waals surface area contributed by atoms with Gasteiger partial charge in [0.05, 0.1) is 29.4 Å². The van der Waals surface area contributed by atoms with E-state index < -0.39 is 36.4 Å². The number of halogens is 2. The SMILES string of the molecule is CC(C)(C)OC(=O)N1CCO[C@@H]([C@H](O)CO)[C@H](c2ccc(Cl)c(Cl)c2)C1. The third-order valence-electron chi connectivity index (χ3n) is 4.07. The molecule has 0 spiro atoms. The first kappa shape index (κ1) is 21.3. The van der Waals surface area contributed by atoms with Crippen molar-refractivity contribution in [3.05, 3.63) is 33.8 Å². The Labute approximate surface area is 163 Å². The lowest BCUT2D eigenvalue weighted by Crippen LogP contribution is -2.42. The van der Waals surface area contributed by atoms with Gasteiger partial charge in [0.15, 0.2) is 0 Å². The summed E-state index contributed by atoms with van der Waals surface area (Å²) in [4.78, 5) is 14.0. The van der Waals surface area contributed by atoms with Gasteiger partial charge in [-0.15, -0.1) is 0 Å². The summed E-state index contributed by atoms with van der Waals surface area (Å²) < 4.78 is 11.2. The van der Waals surface area contributed by atoms with E-state index in [0.29, 0.717) is 16.6 Å². The zero-order valence-electron chi connectivity index (χ0n) is 15.1. The predicted octanol–water partition coefficient (Wildman–Crippen LogP) is 3.07. The fourth-order valence-corrected chi connectivity index (χ4v) is 3.17. The molecule has 0 bridgehead atoms. The molecule has 0 radical (unpaired) electrons. The van der Waals surface area contributed by atoms with Crippen LogP contribution >= 0.6 is 23.2 Å². The summed E-state index contributed by atoms with van der Waals surface area (Å²) in [7, 11) is 0. The Kier molecular flexibility index (Phi) is 7.16. The van der Waals surface area contributed by atoms with Gasteiger partial charge in [-0.1, -0.05) is 29.3 Å². The Bertz CT molecular complexity index is 634. The van der Waals surface area contributed by atoms with E-state index >= 15 is 0 Å². The summed E-state index contributed by atoms with van der Waals surface area (Å²) >= 11 is 12.1. The van der Waals surface area contributed by atoms with Gasteiger partial charge in [0, 0.05) is 19.0 Å². The minimum atomic E-state index is -1.09. The molecule has 1 saturated heterocycles. The van der Waals surface area contributed by atoms with E-state index in [0.717, 1.165) is 5.56 Å². The van der Waals surface area contributed by atoms with Gasteiger partial charge in [-0.2, -0.15) is 0 Å². The zero-order valence-corrected chi connectivity index (χ0v) is 16.6. The highest BCUT2D eigenvalue weighted by Crippen LogP contribution is 2.32. The standard InChI is InChI=1S/C18H25Cl2NO5/c1-18(2,3)26-17(24)21-6-7-25-16(15(23)10-22)12(9-21)11-4-5-13(19)14(20)8-11/h4-5,8,12,15-16,22-23H,6-7,9-10H2,1-3H3/t12-,15+,16+/m0/s1. The molecule has 2 N–H and O–H groups in total. The maximum absolute atomic E-state index is 12.5. The van der Waals surface area contributed by atoms with Gasteiger partial charge in [-0.05, 0) is 38.5 Å². The van der Waals surface area contributed by atoms with E-state index in [9.17, 15) is 15.0 Å². The van der Waals surface area contributed by atoms with Gasteiger partial charge in [0.25, 0.3) is 0 Å². The first-order valence-corrected chi connectivity index (χ1v) is 9.21. The molecule has 1 aliphatic heterocycles. The molecule has 1 aromatic rings. The van der Waals surface area contributed by atoms with Crippen LogP contribution in [0.25, 0.3) is 0 Å². The fraction of sp³-hybridized carbons (Fsp3) is 0.611. The molecule has 1 heterocycles. The van der Waals surface area contributed by atoms with Crippen LogP contribution < -0.4 is 0 Å². The van der Waals surface area contributed by atoms with Crippen molar-refractivity contribution >= 4 is 29.3 Å². The number of benzene rings is 1. The second kappa shape index (κ2) is 8.76. The van der Waals surface area contributed by atoms with Gasteiger partial charge in [-0.3, -0.25) is 0 Å². The number of aliphatic hydroxyl groups is 2. The van der Waals surface area contributed by atoms with Crippen LogP contribution in [0, 0.1) is 0 Å². The molecule has 146 valence electrons. The van der Waals surface area contributed by atoms with E-state index in [1.54, 1.807) is 43.9 Å². The molecule has 1 aromatic carbocycles. The Morgan fingerprint density at radius 2 is 2.08 bits per heavy atom. The second-order valence-electron chi connectivity index (χ2n) is 7.29. The average Bonchev–Trinajstić information content (AvgIpc) is 2.78. The van der Waals surface area contributed by atoms with Gasteiger partial charge in [0.1, 0.15) is 11.7 Å². The number of carbonyl (C=O) groups is 1. The van der Waals surface area contributed by atoms with Gasteiger partial charge < -0.3 is 24.6 Å². The molecule has 1 amide bonds. The van der Waals surface area contributed by atoms with Crippen molar-refractivity contribution in [2.75, 3.05) is 26.3 Å². The molecule has 0 aromatic heterocycles. The van der Waals surface area contributed by atoms with Crippen LogP contribution in [-0.4, -0.2) is 65.3 Å². The topological polar surface area (TPSA) is 79.2 Å². The first-order valence-electron chi connectivity index (χ1n) is 8.46. The Hall–Kier alpha value is -1.05. The molecule has 1 aliphatic rings. The lowest BCUT2D eigenvalue weighted by Gasteiger charge is -2.31. The van der Waals surface area contributed by atoms with Gasteiger partial charge in [0.2, 0.25) is 0 Å². The molecule has 1 fully saturated rings. The van der Waals surface area contributed by atoms with Crippen LogP contribution in [0.2, 0.25) is 10.0 Å². The van der Waals surface area contributed by atoms with Crippen LogP contribution in [0.1, 0.15) is 32.3 Å². The summed E-state index contributed by atoms with van der Waals surface area (Å²) in [6.07, 6.45) is -2.23. The predicted molar refractivity (Wildman–Crippen MR) is 99.8 cm³/mol. The molecule has 26 heavy (non-hydrogen) atoms. The van der Waals surface area contributed by atoms with Crippen molar-refractivity contribution in [1.82, 2.24) is 4.90 Å². The van der Waals surface area contributed by atoms with E-state index in [1.807, 2.05) is 0 Å². The Morgan fingerprint density at radius 1 is 1.38 bits per heavy atom. The minimum absolute atomic E-state index is 0.221. The lowest BCUT2D eigenvalue weighted by atomic mass is 9.90. The minimum Gasteiger partial charge on any atom is -0.444 e. The van der Waals surface area contributed by atoms with Crippen molar-refractivity contribution in [3.63, 3.8) is 0 Å². The smallest absolute Gasteiger partial charge is 0.410 e. The Morgan fingerprint density at radius 3 is 2.65 bits per heavy atom. The molecular weight excluding hydrogens is 381 g/mol. The monoisotopic (exact) mass is 405 g/mol. The van der Waals surface area contributed by atoms with Crippen molar-refractivity contribution in [2.24, 2.45) is 0 Å². The third kappa shape index (κ3) is 5.47. The first-order chi connectivity index (χ1) is 12.1. The number of amides is 1. The molecule has 0 unspecified atom stereocenters. The van der Waals surface area contributed by atoms with Crippen LogP contribution in [0.3, 0.4) is 0 Å². The molecule has 8 heteroatoms. The fourth-order valence-electron chi connectivity index (χ4n) is 2.86. The van der Waals surface area contributed by atoms with E-state index in [1.165, 1.54) is 0 Å². The molecule has 3 atom stereocenters. The largest absolute Gasteiger partial charge is 0.444 e. The van der Waals surface area contributed by atoms with Crippen molar-refractivity contribution in [3.8, 4) is 0 Å². The zero-order chi connectivity index (χ0) is 19.5. The van der Waals surface area contributed by atoms with Gasteiger partial charge in [-0.25, -0.2) is 4.79 Å². The highest BCUT2D eigenvalue weighted by molar-refractivity contribution is 6.42. The quantitative estimate of drug-likeness (QED) is 0.807. The highest BCUT2D eigenvalue weighted by Gasteiger charge is 2.36. The number of hydrogen-bond acceptors (Lipinski definition) is 5. The van der Waals surface area contributed by atoms with Crippen LogP contribution in [0.5, 0.6) is 0 Å². The van der Waals surface area contributed by atoms with E-state index in [-0.39, 0.29) is 13.2 Å². The summed E-state index contributed by atoms with van der Waals surface area (Å²) in [6.45, 7) is 5.75. The van der Waals surface area contributed by atoms with Gasteiger partial charge >= 0.3 is 6.09 Å². The van der Waals surface area contributed by atoms with Crippen LogP contribution in [-0.2, 0) is 9.47 Å². The molecule has 6 nitrogen and oxygen atoms in total. The lowest BCUT2D eigenvalue weighted by molar-refractivity contribution is -0.0610. The third-order valence-corrected chi connectivity index (χ3v) is 4.81. The summed E-state index contributed by atoms with van der Waals surface area (Å²) in [5.74, 6) is -0.401. The van der Waals surface area contributed by atoms with Crippen LogP contribution in [0.15, 0.2) is 18.2 Å². The van der Waals surface area contributed by atoms with Crippen molar-refractivity contribution < 1.29 is 24.5 Å². The summed E-state index contributed by atoms with van der Waals surface area (Å²) in [6, 6.07) is 5.12. The van der Waals surface area contributed by atoms with Crippen LogP contribution in [0.4, 0.5) is 4.79 Å². The summed E-state index contributed by atoms with van der Waals surface area (Å²) in [5, 5.41) is 20.4. The number of aliphatic hydroxyl groups excluding tert-OH is 2. The normalized spacial score (nSPS) is 22.7. The van der Waals surface area contributed by atoms with Crippen molar-refractivity contribution in [1.29, 1.82) is 0 Å². The van der Waals surface area contributed by atoms with Crippen molar-refractivity contribution in [2.45, 2.75) is 44.5 Å². The van der Waals surface area contributed by atoms with E-state index in [2.05, 4.69) is 0 Å². The summed E-state index contributed by atoms with van der Waals surface area (Å²) in [5.41, 5.74) is 0.139. The van der Waals surface area contributed by atoms with E-state index in [4.69, 9.17) is 32.7 Å². The highest BCUT2D eigenvalue weighted by atomic mass is 35.5. The number of ether oxygens (including phenoxy) is 2. The molecule has 0 saturated carbocycles. The number of carbonyl (C=O) groups excluding carboxylic acids is 1. The average molecular weight is 406 g/mol. The molecule has 2 rings (SSSR count). The molecular formula is C18H25Cl2NO5. The Balaban J connectivity index is 2.32. The maximum Gasteiger partial charge on any atom is 0.410 e.